The summed E-state index contributed by atoms with van der Waals surface area (Å²) in [6.07, 6.45) is 2.47. The van der Waals surface area contributed by atoms with Crippen LogP contribution in [0.25, 0.3) is 0 Å². The Balaban J connectivity index is 2.14. The smallest absolute Gasteiger partial charge is 0.196 e. The molecule has 1 heterocycles. The second-order valence-corrected chi connectivity index (χ2v) is 1.96. The average Bonchev–Trinajstić information content (AvgIpc) is 2.14. The summed E-state index contributed by atoms with van der Waals surface area (Å²) >= 11 is 0. The summed E-state index contributed by atoms with van der Waals surface area (Å²) in [6.45, 7) is 5.09. The van der Waals surface area contributed by atoms with E-state index in [2.05, 4.69) is 6.92 Å². The molecule has 0 aliphatic carbocycles. The van der Waals surface area contributed by atoms with Crippen LogP contribution in [0.1, 0.15) is 19.8 Å². The molecule has 1 heteroatoms. The van der Waals surface area contributed by atoms with E-state index in [1.807, 2.05) is 6.61 Å². The monoisotopic (exact) mass is 99.1 g/mol. The quantitative estimate of drug-likeness (QED) is 0.454. The second kappa shape index (κ2) is 2.22. The van der Waals surface area contributed by atoms with Crippen LogP contribution in [0.2, 0.25) is 0 Å². The lowest BCUT2D eigenvalue weighted by Crippen LogP contribution is -1.88. The second-order valence-electron chi connectivity index (χ2n) is 1.96. The largest absolute Gasteiger partial charge is 0.230 e. The third kappa shape index (κ3) is 1.10. The molecule has 1 fully saturated rings. The van der Waals surface area contributed by atoms with Crippen molar-refractivity contribution < 1.29 is 4.74 Å². The van der Waals surface area contributed by atoms with E-state index in [0.717, 1.165) is 12.5 Å². The molecule has 0 aromatic heterocycles. The third-order valence-electron chi connectivity index (χ3n) is 1.42. The average molecular weight is 99.2 g/mol. The van der Waals surface area contributed by atoms with Gasteiger partial charge in [0.05, 0.1) is 0 Å². The Morgan fingerprint density at radius 3 is 3.00 bits per heavy atom. The van der Waals surface area contributed by atoms with Crippen molar-refractivity contribution in [3.05, 3.63) is 6.61 Å². The van der Waals surface area contributed by atoms with Crippen molar-refractivity contribution >= 4 is 0 Å². The molecule has 1 unspecified atom stereocenters. The highest BCUT2D eigenvalue weighted by Gasteiger charge is 2.23. The Morgan fingerprint density at radius 1 is 1.86 bits per heavy atom. The van der Waals surface area contributed by atoms with Crippen molar-refractivity contribution in [3.8, 4) is 0 Å². The van der Waals surface area contributed by atoms with Crippen molar-refractivity contribution in [2.24, 2.45) is 5.92 Å². The van der Waals surface area contributed by atoms with Gasteiger partial charge in [-0.05, 0) is 6.42 Å². The molecule has 0 spiro atoms. The molecule has 7 heavy (non-hydrogen) atoms. The summed E-state index contributed by atoms with van der Waals surface area (Å²) in [6, 6.07) is 0. The summed E-state index contributed by atoms with van der Waals surface area (Å²) in [5.74, 6) is 0.750. The molecule has 0 radical (unpaired) electrons. The standard InChI is InChI=1S/C6H11O/c1-2-6-3-4-7-5-6/h5-6H,2-4H2,1H3/q+1. The summed E-state index contributed by atoms with van der Waals surface area (Å²) in [5.41, 5.74) is 0. The molecule has 1 atom stereocenters. The highest BCUT2D eigenvalue weighted by Crippen LogP contribution is 2.18. The molecule has 1 aliphatic heterocycles. The SMILES string of the molecule is CCC1[CH+]OCC1. The van der Waals surface area contributed by atoms with Crippen LogP contribution < -0.4 is 0 Å². The first-order valence-electron chi connectivity index (χ1n) is 2.88. The number of hydrogen-bond donors (Lipinski definition) is 0. The van der Waals surface area contributed by atoms with E-state index >= 15 is 0 Å². The van der Waals surface area contributed by atoms with Crippen molar-refractivity contribution in [1.82, 2.24) is 0 Å². The minimum absolute atomic E-state index is 0.750. The summed E-state index contributed by atoms with van der Waals surface area (Å²) in [4.78, 5) is 0. The first kappa shape index (κ1) is 4.98. The molecular formula is C6H11O+. The predicted molar refractivity (Wildman–Crippen MR) is 28.6 cm³/mol. The van der Waals surface area contributed by atoms with E-state index < -0.39 is 0 Å². The van der Waals surface area contributed by atoms with Crippen molar-refractivity contribution in [2.75, 3.05) is 6.61 Å². The Bertz CT molecular complexity index is 46.1. The molecule has 0 aromatic rings. The van der Waals surface area contributed by atoms with E-state index in [1.54, 1.807) is 0 Å². The lowest BCUT2D eigenvalue weighted by atomic mass is 10.1. The van der Waals surface area contributed by atoms with Crippen LogP contribution in [0.3, 0.4) is 0 Å². The van der Waals surface area contributed by atoms with Gasteiger partial charge in [0.1, 0.15) is 12.5 Å². The molecule has 1 saturated heterocycles. The van der Waals surface area contributed by atoms with Crippen LogP contribution in [0.5, 0.6) is 0 Å². The van der Waals surface area contributed by atoms with Gasteiger partial charge in [0.25, 0.3) is 0 Å². The van der Waals surface area contributed by atoms with E-state index in [-0.39, 0.29) is 0 Å². The minimum atomic E-state index is 0.750. The van der Waals surface area contributed by atoms with Gasteiger partial charge in [0.2, 0.25) is 6.61 Å². The van der Waals surface area contributed by atoms with Crippen LogP contribution in [-0.4, -0.2) is 6.61 Å². The first-order valence-corrected chi connectivity index (χ1v) is 2.88. The molecule has 0 aromatic carbocycles. The molecule has 0 amide bonds. The third-order valence-corrected chi connectivity index (χ3v) is 1.42. The van der Waals surface area contributed by atoms with Crippen LogP contribution in [0.15, 0.2) is 0 Å². The predicted octanol–water partition coefficient (Wildman–Crippen LogP) is 1.59. The van der Waals surface area contributed by atoms with Gasteiger partial charge >= 0.3 is 0 Å². The molecule has 40 valence electrons. The fraction of sp³-hybridized carbons (Fsp3) is 0.833. The fourth-order valence-corrected chi connectivity index (χ4v) is 0.792. The Hall–Kier alpha value is -0.170. The summed E-state index contributed by atoms with van der Waals surface area (Å²) in [7, 11) is 0. The summed E-state index contributed by atoms with van der Waals surface area (Å²) in [5, 5.41) is 0. The Morgan fingerprint density at radius 2 is 2.71 bits per heavy atom. The maximum absolute atomic E-state index is 5.02. The van der Waals surface area contributed by atoms with Gasteiger partial charge in [-0.2, -0.15) is 4.74 Å². The van der Waals surface area contributed by atoms with Gasteiger partial charge in [-0.3, -0.25) is 0 Å². The first-order chi connectivity index (χ1) is 3.43. The van der Waals surface area contributed by atoms with Crippen molar-refractivity contribution in [1.29, 1.82) is 0 Å². The number of rotatable bonds is 1. The minimum Gasteiger partial charge on any atom is -0.196 e. The van der Waals surface area contributed by atoms with E-state index in [9.17, 15) is 0 Å². The number of hydrogen-bond acceptors (Lipinski definition) is 1. The van der Waals surface area contributed by atoms with E-state index in [1.165, 1.54) is 12.8 Å². The number of ether oxygens (including phenoxy) is 1. The maximum atomic E-state index is 5.02. The molecular weight excluding hydrogens is 88.1 g/mol. The van der Waals surface area contributed by atoms with Crippen LogP contribution in [-0.2, 0) is 4.74 Å². The Kier molecular flexibility index (Phi) is 1.58. The van der Waals surface area contributed by atoms with Crippen LogP contribution >= 0.6 is 0 Å². The van der Waals surface area contributed by atoms with Gasteiger partial charge in [-0.1, -0.05) is 6.92 Å². The molecule has 1 nitrogen and oxygen atoms in total. The van der Waals surface area contributed by atoms with E-state index in [0.29, 0.717) is 0 Å². The van der Waals surface area contributed by atoms with Gasteiger partial charge in [0, 0.05) is 6.42 Å². The molecule has 0 N–H and O–H groups in total. The zero-order valence-corrected chi connectivity index (χ0v) is 4.68. The lowest BCUT2D eigenvalue weighted by Gasteiger charge is -1.86. The van der Waals surface area contributed by atoms with E-state index in [4.69, 9.17) is 4.74 Å². The maximum Gasteiger partial charge on any atom is 0.230 e. The van der Waals surface area contributed by atoms with Gasteiger partial charge in [0.15, 0.2) is 0 Å². The van der Waals surface area contributed by atoms with Gasteiger partial charge in [-0.25, -0.2) is 0 Å². The fourth-order valence-electron chi connectivity index (χ4n) is 0.792. The van der Waals surface area contributed by atoms with Crippen LogP contribution in [0, 0.1) is 12.5 Å². The van der Waals surface area contributed by atoms with Gasteiger partial charge in [-0.15, -0.1) is 0 Å². The Labute approximate surface area is 44.7 Å². The molecule has 1 aliphatic rings. The van der Waals surface area contributed by atoms with Gasteiger partial charge < -0.3 is 0 Å². The van der Waals surface area contributed by atoms with Crippen molar-refractivity contribution in [3.63, 3.8) is 0 Å². The van der Waals surface area contributed by atoms with Crippen molar-refractivity contribution in [2.45, 2.75) is 19.8 Å². The lowest BCUT2D eigenvalue weighted by molar-refractivity contribution is 0.248. The molecule has 0 saturated carbocycles. The molecule has 1 rings (SSSR count). The highest BCUT2D eigenvalue weighted by molar-refractivity contribution is 4.71. The van der Waals surface area contributed by atoms with Crippen LogP contribution in [0.4, 0.5) is 0 Å². The normalized spacial score (nSPS) is 30.1. The zero-order valence-electron chi connectivity index (χ0n) is 4.68. The molecule has 0 bridgehead atoms. The topological polar surface area (TPSA) is 9.23 Å². The zero-order chi connectivity index (χ0) is 5.11. The summed E-state index contributed by atoms with van der Waals surface area (Å²) < 4.78 is 5.02. The highest BCUT2D eigenvalue weighted by atomic mass is 16.5.